The topological polar surface area (TPSA) is 34.0 Å². The van der Waals surface area contributed by atoms with Crippen molar-refractivity contribution in [2.45, 2.75) is 12.8 Å². The molecule has 0 bridgehead atoms. The van der Waals surface area contributed by atoms with Gasteiger partial charge in [0, 0.05) is 34.7 Å². The van der Waals surface area contributed by atoms with E-state index in [2.05, 4.69) is 37.9 Å². The number of rotatable bonds is 0. The molecule has 4 heteroatoms. The van der Waals surface area contributed by atoms with Crippen molar-refractivity contribution in [2.24, 2.45) is 7.05 Å². The van der Waals surface area contributed by atoms with Gasteiger partial charge in [0.15, 0.2) is 0 Å². The molecule has 2 heterocycles. The van der Waals surface area contributed by atoms with Gasteiger partial charge in [-0.3, -0.25) is 4.79 Å². The average molecular weight is 293 g/mol. The number of benzene rings is 1. The summed E-state index contributed by atoms with van der Waals surface area (Å²) in [6, 6.07) is 6.29. The van der Waals surface area contributed by atoms with Crippen molar-refractivity contribution in [3.8, 4) is 0 Å². The quantitative estimate of drug-likeness (QED) is 0.793. The van der Waals surface area contributed by atoms with Crippen LogP contribution in [0.4, 0.5) is 0 Å². The van der Waals surface area contributed by atoms with Crippen LogP contribution in [-0.4, -0.2) is 17.0 Å². The van der Waals surface area contributed by atoms with E-state index in [0.29, 0.717) is 6.42 Å². The number of hydrogen-bond donors (Lipinski definition) is 1. The second kappa shape index (κ2) is 3.88. The van der Waals surface area contributed by atoms with Crippen LogP contribution >= 0.6 is 15.9 Å². The minimum atomic E-state index is 0.119. The molecule has 0 atom stereocenters. The van der Waals surface area contributed by atoms with E-state index in [1.807, 2.05) is 13.1 Å². The number of hydrogen-bond acceptors (Lipinski definition) is 1. The molecule has 0 saturated carbocycles. The Balaban J connectivity index is 2.31. The van der Waals surface area contributed by atoms with Crippen LogP contribution in [0.15, 0.2) is 22.7 Å². The summed E-state index contributed by atoms with van der Waals surface area (Å²) >= 11 is 3.51. The normalized spacial score (nSPS) is 15.5. The van der Waals surface area contributed by atoms with E-state index < -0.39 is 0 Å². The number of nitrogens with zero attached hydrogens (tertiary/aromatic N) is 1. The number of halogens is 1. The van der Waals surface area contributed by atoms with E-state index >= 15 is 0 Å². The lowest BCUT2D eigenvalue weighted by Crippen LogP contribution is -2.24. The number of nitrogens with one attached hydrogen (secondary N) is 1. The minimum Gasteiger partial charge on any atom is -0.355 e. The van der Waals surface area contributed by atoms with Crippen LogP contribution in [0.1, 0.15) is 11.3 Å². The first kappa shape index (κ1) is 10.8. The predicted octanol–water partition coefficient (Wildman–Crippen LogP) is 2.16. The maximum atomic E-state index is 11.6. The standard InChI is InChI=1S/C13H13BrN2O/c1-16-11-3-2-8(14)6-10(11)9-4-5-15-13(17)7-12(9)16/h2-3,6H,4-5,7H2,1H3,(H,15,17). The molecular weight excluding hydrogens is 280 g/mol. The van der Waals surface area contributed by atoms with E-state index in [0.717, 1.165) is 23.1 Å². The largest absolute Gasteiger partial charge is 0.355 e. The monoisotopic (exact) mass is 292 g/mol. The molecule has 0 radical (unpaired) electrons. The molecule has 1 aliphatic heterocycles. The van der Waals surface area contributed by atoms with Gasteiger partial charge >= 0.3 is 0 Å². The molecule has 3 nitrogen and oxygen atoms in total. The molecular formula is C13H13BrN2O. The van der Waals surface area contributed by atoms with E-state index in [1.165, 1.54) is 16.5 Å². The van der Waals surface area contributed by atoms with E-state index in [1.54, 1.807) is 0 Å². The summed E-state index contributed by atoms with van der Waals surface area (Å²) < 4.78 is 3.23. The van der Waals surface area contributed by atoms with Crippen LogP contribution in [0.5, 0.6) is 0 Å². The third kappa shape index (κ3) is 1.67. The SMILES string of the molecule is Cn1c2c(c3cc(Br)ccc31)CCNC(=O)C2. The van der Waals surface area contributed by atoms with Crippen molar-refractivity contribution < 1.29 is 4.79 Å². The van der Waals surface area contributed by atoms with Crippen LogP contribution in [0, 0.1) is 0 Å². The number of carbonyl (C=O) groups is 1. The summed E-state index contributed by atoms with van der Waals surface area (Å²) in [4.78, 5) is 11.6. The summed E-state index contributed by atoms with van der Waals surface area (Å²) in [6.45, 7) is 0.734. The van der Waals surface area contributed by atoms with Gasteiger partial charge in [0.05, 0.1) is 6.42 Å². The summed E-state index contributed by atoms with van der Waals surface area (Å²) in [7, 11) is 2.04. The van der Waals surface area contributed by atoms with Crippen LogP contribution in [0.25, 0.3) is 10.9 Å². The number of fused-ring (bicyclic) bond motifs is 3. The van der Waals surface area contributed by atoms with Crippen LogP contribution in [0.2, 0.25) is 0 Å². The Bertz CT molecular complexity index is 615. The first-order chi connectivity index (χ1) is 8.16. The molecule has 1 aromatic heterocycles. The molecule has 0 aliphatic carbocycles. The van der Waals surface area contributed by atoms with Crippen molar-refractivity contribution >= 4 is 32.7 Å². The minimum absolute atomic E-state index is 0.119. The molecule has 1 aromatic carbocycles. The summed E-state index contributed by atoms with van der Waals surface area (Å²) in [5.41, 5.74) is 3.66. The highest BCUT2D eigenvalue weighted by molar-refractivity contribution is 9.10. The van der Waals surface area contributed by atoms with Gasteiger partial charge in [-0.15, -0.1) is 0 Å². The van der Waals surface area contributed by atoms with E-state index in [9.17, 15) is 4.79 Å². The Hall–Kier alpha value is -1.29. The van der Waals surface area contributed by atoms with Gasteiger partial charge in [-0.25, -0.2) is 0 Å². The third-order valence-corrected chi connectivity index (χ3v) is 3.92. The first-order valence-corrected chi connectivity index (χ1v) is 6.48. The zero-order valence-corrected chi connectivity index (χ0v) is 11.2. The molecule has 1 N–H and O–H groups in total. The lowest BCUT2D eigenvalue weighted by molar-refractivity contribution is -0.120. The van der Waals surface area contributed by atoms with Gasteiger partial charge < -0.3 is 9.88 Å². The Morgan fingerprint density at radius 1 is 1.41 bits per heavy atom. The molecule has 3 rings (SSSR count). The number of aromatic nitrogens is 1. The lowest BCUT2D eigenvalue weighted by atomic mass is 10.1. The van der Waals surface area contributed by atoms with Crippen molar-refractivity contribution in [3.05, 3.63) is 33.9 Å². The highest BCUT2D eigenvalue weighted by atomic mass is 79.9. The van der Waals surface area contributed by atoms with Gasteiger partial charge in [-0.2, -0.15) is 0 Å². The maximum Gasteiger partial charge on any atom is 0.225 e. The lowest BCUT2D eigenvalue weighted by Gasteiger charge is -2.02. The second-order valence-corrected chi connectivity index (χ2v) is 5.34. The second-order valence-electron chi connectivity index (χ2n) is 4.42. The molecule has 0 unspecified atom stereocenters. The zero-order valence-electron chi connectivity index (χ0n) is 9.59. The average Bonchev–Trinajstić information content (AvgIpc) is 2.48. The highest BCUT2D eigenvalue weighted by Crippen LogP contribution is 2.29. The summed E-state index contributed by atoms with van der Waals surface area (Å²) in [6.07, 6.45) is 1.40. The fraction of sp³-hybridized carbons (Fsp3) is 0.308. The van der Waals surface area contributed by atoms with Gasteiger partial charge in [0.25, 0.3) is 0 Å². The molecule has 88 valence electrons. The summed E-state index contributed by atoms with van der Waals surface area (Å²) in [5.74, 6) is 0.119. The van der Waals surface area contributed by atoms with Gasteiger partial charge in [-0.1, -0.05) is 15.9 Å². The molecule has 2 aromatic rings. The predicted molar refractivity (Wildman–Crippen MR) is 71.0 cm³/mol. The molecule has 1 amide bonds. The van der Waals surface area contributed by atoms with Crippen LogP contribution in [0.3, 0.4) is 0 Å². The number of amides is 1. The van der Waals surface area contributed by atoms with E-state index in [-0.39, 0.29) is 5.91 Å². The Labute approximate surface area is 108 Å². The smallest absolute Gasteiger partial charge is 0.225 e. The maximum absolute atomic E-state index is 11.6. The van der Waals surface area contributed by atoms with Crippen molar-refractivity contribution in [2.75, 3.05) is 6.54 Å². The third-order valence-electron chi connectivity index (χ3n) is 3.42. The van der Waals surface area contributed by atoms with Gasteiger partial charge in [-0.05, 0) is 30.2 Å². The zero-order chi connectivity index (χ0) is 12.0. The molecule has 1 aliphatic rings. The fourth-order valence-electron chi connectivity index (χ4n) is 2.59. The van der Waals surface area contributed by atoms with Crippen molar-refractivity contribution in [1.82, 2.24) is 9.88 Å². The Morgan fingerprint density at radius 3 is 3.06 bits per heavy atom. The molecule has 0 saturated heterocycles. The number of carbonyl (C=O) groups excluding carboxylic acids is 1. The summed E-state index contributed by atoms with van der Waals surface area (Å²) in [5, 5.41) is 4.18. The van der Waals surface area contributed by atoms with Gasteiger partial charge in [0.1, 0.15) is 0 Å². The Kier molecular flexibility index (Phi) is 2.47. The molecule has 0 fully saturated rings. The van der Waals surface area contributed by atoms with Crippen LogP contribution < -0.4 is 5.32 Å². The highest BCUT2D eigenvalue weighted by Gasteiger charge is 2.20. The van der Waals surface area contributed by atoms with Crippen LogP contribution in [-0.2, 0) is 24.7 Å². The number of aryl methyl sites for hydroxylation is 1. The Morgan fingerprint density at radius 2 is 2.24 bits per heavy atom. The van der Waals surface area contributed by atoms with E-state index in [4.69, 9.17) is 0 Å². The first-order valence-electron chi connectivity index (χ1n) is 5.69. The molecule has 0 spiro atoms. The fourth-order valence-corrected chi connectivity index (χ4v) is 2.95. The van der Waals surface area contributed by atoms with Gasteiger partial charge in [0.2, 0.25) is 5.91 Å². The molecule has 17 heavy (non-hydrogen) atoms. The van der Waals surface area contributed by atoms with Crippen molar-refractivity contribution in [3.63, 3.8) is 0 Å². The van der Waals surface area contributed by atoms with Crippen molar-refractivity contribution in [1.29, 1.82) is 0 Å².